The van der Waals surface area contributed by atoms with Gasteiger partial charge in [-0.3, -0.25) is 14.4 Å². The molecule has 8 nitrogen and oxygen atoms in total. The molecule has 0 amide bonds. The second-order valence-corrected chi connectivity index (χ2v) is 3.63. The average Bonchev–Trinajstić information content (AvgIpc) is 2.29. The predicted molar refractivity (Wildman–Crippen MR) is 62.6 cm³/mol. The fourth-order valence-electron chi connectivity index (χ4n) is 1.22. The van der Waals surface area contributed by atoms with E-state index in [9.17, 15) is 19.2 Å². The molecule has 1 heterocycles. The predicted octanol–water partition coefficient (Wildman–Crippen LogP) is 0.690. The van der Waals surface area contributed by atoms with Crippen molar-refractivity contribution in [1.29, 1.82) is 0 Å². The lowest BCUT2D eigenvalue weighted by atomic mass is 10.3. The van der Waals surface area contributed by atoms with Crippen molar-refractivity contribution < 1.29 is 33.0 Å². The van der Waals surface area contributed by atoms with E-state index in [0.717, 1.165) is 26.8 Å². The molecule has 1 aromatic rings. The van der Waals surface area contributed by atoms with Gasteiger partial charge in [0.1, 0.15) is 0 Å². The number of hydrogen-bond acceptors (Lipinski definition) is 8. The molecule has 0 aromatic carbocycles. The number of hydrogen-bond donors (Lipinski definition) is 0. The Hall–Kier alpha value is -2.64. The highest BCUT2D eigenvalue weighted by atomic mass is 16.7. The number of esters is 3. The Morgan fingerprint density at radius 2 is 1.55 bits per heavy atom. The first-order chi connectivity index (χ1) is 9.29. The zero-order valence-corrected chi connectivity index (χ0v) is 11.0. The minimum Gasteiger partial charge on any atom is -0.419 e. The Labute approximate surface area is 113 Å². The van der Waals surface area contributed by atoms with E-state index in [0.29, 0.717) is 0 Å². The molecule has 1 rings (SSSR count). The van der Waals surface area contributed by atoms with Gasteiger partial charge in [-0.15, -0.1) is 0 Å². The molecule has 0 radical (unpaired) electrons. The van der Waals surface area contributed by atoms with E-state index in [1.54, 1.807) is 0 Å². The van der Waals surface area contributed by atoms with Gasteiger partial charge in [0.05, 0.1) is 0 Å². The molecule has 20 heavy (non-hydrogen) atoms. The summed E-state index contributed by atoms with van der Waals surface area (Å²) in [7, 11) is 0. The standard InChI is InChI=1S/C12H12O8/c1-6(13)17-9-4-5-10(20-11(9)16)12(18-7(2)14)19-8(3)15/h4-5,12H,1-3H3. The molecule has 0 bridgehead atoms. The number of rotatable bonds is 4. The molecule has 1 aromatic heterocycles. The van der Waals surface area contributed by atoms with Crippen LogP contribution in [0.15, 0.2) is 21.3 Å². The van der Waals surface area contributed by atoms with Gasteiger partial charge in [-0.1, -0.05) is 0 Å². The first-order valence-electron chi connectivity index (χ1n) is 5.46. The summed E-state index contributed by atoms with van der Waals surface area (Å²) in [5, 5.41) is 0. The highest BCUT2D eigenvalue weighted by Gasteiger charge is 2.22. The Morgan fingerprint density at radius 1 is 1.00 bits per heavy atom. The molecule has 0 spiro atoms. The van der Waals surface area contributed by atoms with Crippen LogP contribution in [0.2, 0.25) is 0 Å². The van der Waals surface area contributed by atoms with Gasteiger partial charge >= 0.3 is 29.8 Å². The number of carbonyl (C=O) groups excluding carboxylic acids is 3. The zero-order valence-electron chi connectivity index (χ0n) is 11.0. The summed E-state index contributed by atoms with van der Waals surface area (Å²) in [4.78, 5) is 44.1. The maximum Gasteiger partial charge on any atom is 0.379 e. The third-order valence-corrected chi connectivity index (χ3v) is 1.84. The van der Waals surface area contributed by atoms with Crippen LogP contribution in [-0.4, -0.2) is 17.9 Å². The average molecular weight is 284 g/mol. The van der Waals surface area contributed by atoms with Crippen molar-refractivity contribution >= 4 is 17.9 Å². The van der Waals surface area contributed by atoms with E-state index in [1.165, 1.54) is 6.07 Å². The van der Waals surface area contributed by atoms with Crippen molar-refractivity contribution in [2.75, 3.05) is 0 Å². The van der Waals surface area contributed by atoms with E-state index < -0.39 is 29.8 Å². The van der Waals surface area contributed by atoms with Crippen LogP contribution in [0.1, 0.15) is 32.8 Å². The minimum atomic E-state index is -1.48. The van der Waals surface area contributed by atoms with E-state index in [2.05, 4.69) is 4.74 Å². The first kappa shape index (κ1) is 15.4. The summed E-state index contributed by atoms with van der Waals surface area (Å²) in [5.74, 6) is -2.70. The van der Waals surface area contributed by atoms with E-state index >= 15 is 0 Å². The molecule has 0 N–H and O–H groups in total. The maximum atomic E-state index is 11.5. The van der Waals surface area contributed by atoms with Gasteiger partial charge in [-0.2, -0.15) is 0 Å². The van der Waals surface area contributed by atoms with E-state index in [-0.39, 0.29) is 11.5 Å². The van der Waals surface area contributed by atoms with Crippen LogP contribution >= 0.6 is 0 Å². The number of carbonyl (C=O) groups is 3. The van der Waals surface area contributed by atoms with Gasteiger partial charge in [0.15, 0.2) is 5.76 Å². The zero-order chi connectivity index (χ0) is 15.3. The molecule has 108 valence electrons. The highest BCUT2D eigenvalue weighted by Crippen LogP contribution is 2.20. The fraction of sp³-hybridized carbons (Fsp3) is 0.333. The summed E-state index contributed by atoms with van der Waals surface area (Å²) in [6, 6.07) is 2.33. The first-order valence-corrected chi connectivity index (χ1v) is 5.46. The lowest BCUT2D eigenvalue weighted by molar-refractivity contribution is -0.190. The van der Waals surface area contributed by atoms with Crippen molar-refractivity contribution in [1.82, 2.24) is 0 Å². The van der Waals surface area contributed by atoms with Crippen molar-refractivity contribution in [3.8, 4) is 5.75 Å². The van der Waals surface area contributed by atoms with Crippen molar-refractivity contribution in [3.63, 3.8) is 0 Å². The molecule has 0 aliphatic carbocycles. The third-order valence-electron chi connectivity index (χ3n) is 1.84. The van der Waals surface area contributed by atoms with E-state index in [1.807, 2.05) is 0 Å². The van der Waals surface area contributed by atoms with Crippen molar-refractivity contribution in [2.45, 2.75) is 27.1 Å². The van der Waals surface area contributed by atoms with Crippen LogP contribution in [0.4, 0.5) is 0 Å². The second-order valence-electron chi connectivity index (χ2n) is 3.63. The second kappa shape index (κ2) is 6.50. The summed E-state index contributed by atoms with van der Waals surface area (Å²) in [6.45, 7) is 3.32. The monoisotopic (exact) mass is 284 g/mol. The maximum absolute atomic E-state index is 11.5. The van der Waals surface area contributed by atoms with Crippen LogP contribution in [0.5, 0.6) is 5.75 Å². The quantitative estimate of drug-likeness (QED) is 0.586. The molecule has 0 fully saturated rings. The normalized spacial score (nSPS) is 10.0. The van der Waals surface area contributed by atoms with Crippen LogP contribution < -0.4 is 10.4 Å². The molecular weight excluding hydrogens is 272 g/mol. The summed E-state index contributed by atoms with van der Waals surface area (Å²) in [5.41, 5.74) is -0.970. The number of ether oxygens (including phenoxy) is 3. The Morgan fingerprint density at radius 3 is 1.95 bits per heavy atom. The van der Waals surface area contributed by atoms with Gasteiger partial charge in [0.2, 0.25) is 5.75 Å². The molecule has 0 saturated carbocycles. The van der Waals surface area contributed by atoms with Gasteiger partial charge in [0, 0.05) is 20.8 Å². The molecule has 0 aliphatic heterocycles. The smallest absolute Gasteiger partial charge is 0.379 e. The topological polar surface area (TPSA) is 109 Å². The van der Waals surface area contributed by atoms with Gasteiger partial charge < -0.3 is 18.6 Å². The van der Waals surface area contributed by atoms with Crippen molar-refractivity contribution in [2.24, 2.45) is 0 Å². The van der Waals surface area contributed by atoms with E-state index in [4.69, 9.17) is 13.9 Å². The van der Waals surface area contributed by atoms with Gasteiger partial charge in [0.25, 0.3) is 0 Å². The molecule has 0 unspecified atom stereocenters. The minimum absolute atomic E-state index is 0.212. The van der Waals surface area contributed by atoms with Gasteiger partial charge in [-0.05, 0) is 12.1 Å². The lowest BCUT2D eigenvalue weighted by Gasteiger charge is -2.15. The fourth-order valence-corrected chi connectivity index (χ4v) is 1.22. The largest absolute Gasteiger partial charge is 0.419 e. The SMILES string of the molecule is CC(=O)Oc1ccc(C(OC(C)=O)OC(C)=O)oc1=O. The molecule has 0 saturated heterocycles. The highest BCUT2D eigenvalue weighted by molar-refractivity contribution is 5.69. The van der Waals surface area contributed by atoms with Crippen LogP contribution in [-0.2, 0) is 23.9 Å². The van der Waals surface area contributed by atoms with Crippen LogP contribution in [0.3, 0.4) is 0 Å². The lowest BCUT2D eigenvalue weighted by Crippen LogP contribution is -2.18. The Kier molecular flexibility index (Phi) is 5.01. The molecule has 8 heteroatoms. The molecule has 0 atom stereocenters. The third kappa shape index (κ3) is 4.56. The molecule has 0 aliphatic rings. The van der Waals surface area contributed by atoms with Crippen molar-refractivity contribution in [3.05, 3.63) is 28.3 Å². The van der Waals surface area contributed by atoms with Gasteiger partial charge in [-0.25, -0.2) is 4.79 Å². The van der Waals surface area contributed by atoms with Crippen LogP contribution in [0.25, 0.3) is 0 Å². The summed E-state index contributed by atoms with van der Waals surface area (Å²) >= 11 is 0. The molecular formula is C12H12O8. The summed E-state index contributed by atoms with van der Waals surface area (Å²) in [6.07, 6.45) is -1.48. The summed E-state index contributed by atoms with van der Waals surface area (Å²) < 4.78 is 18.8. The van der Waals surface area contributed by atoms with Crippen LogP contribution in [0, 0.1) is 0 Å². The Bertz CT molecular complexity index is 569. The Balaban J connectivity index is 3.05.